The fourth-order valence-corrected chi connectivity index (χ4v) is 1.49. The first-order valence-electron chi connectivity index (χ1n) is 5.52. The monoisotopic (exact) mass is 240 g/mol. The number of hydrogen-bond acceptors (Lipinski definition) is 1. The van der Waals surface area contributed by atoms with Crippen molar-refractivity contribution < 1.29 is 13.6 Å². The third-order valence-electron chi connectivity index (χ3n) is 2.67. The van der Waals surface area contributed by atoms with Gasteiger partial charge in [-0.2, -0.15) is 0 Å². The molecule has 0 spiro atoms. The number of hydrogen-bond donors (Lipinski definition) is 1. The number of urea groups is 1. The summed E-state index contributed by atoms with van der Waals surface area (Å²) >= 11 is 0. The van der Waals surface area contributed by atoms with Crippen molar-refractivity contribution in [3.63, 3.8) is 0 Å². The molecule has 0 atom stereocenters. The van der Waals surface area contributed by atoms with Gasteiger partial charge in [-0.05, 0) is 18.9 Å². The number of amides is 2. The van der Waals surface area contributed by atoms with Crippen molar-refractivity contribution in [1.82, 2.24) is 10.2 Å². The van der Waals surface area contributed by atoms with Gasteiger partial charge in [0, 0.05) is 31.3 Å². The van der Waals surface area contributed by atoms with Crippen LogP contribution in [-0.2, 0) is 6.54 Å². The maximum absolute atomic E-state index is 13.4. The molecule has 0 radical (unpaired) electrons. The largest absolute Gasteiger partial charge is 0.335 e. The van der Waals surface area contributed by atoms with Gasteiger partial charge in [-0.1, -0.05) is 6.07 Å². The highest BCUT2D eigenvalue weighted by Crippen LogP contribution is 2.19. The van der Waals surface area contributed by atoms with Gasteiger partial charge in [-0.25, -0.2) is 13.6 Å². The van der Waals surface area contributed by atoms with Crippen molar-refractivity contribution in [2.24, 2.45) is 0 Å². The van der Waals surface area contributed by atoms with E-state index in [1.54, 1.807) is 7.05 Å². The number of benzene rings is 1. The maximum Gasteiger partial charge on any atom is 0.317 e. The summed E-state index contributed by atoms with van der Waals surface area (Å²) in [5.41, 5.74) is 0.305. The number of carbonyl (C=O) groups excluding carboxylic acids is 1. The molecule has 5 heteroatoms. The topological polar surface area (TPSA) is 32.3 Å². The molecule has 0 bridgehead atoms. The van der Waals surface area contributed by atoms with Gasteiger partial charge in [-0.3, -0.25) is 0 Å². The number of rotatable bonds is 3. The molecular formula is C12H14F2N2O. The Morgan fingerprint density at radius 2 is 2.18 bits per heavy atom. The van der Waals surface area contributed by atoms with E-state index in [9.17, 15) is 13.6 Å². The Morgan fingerprint density at radius 1 is 1.47 bits per heavy atom. The Morgan fingerprint density at radius 3 is 2.76 bits per heavy atom. The van der Waals surface area contributed by atoms with Crippen molar-refractivity contribution in [3.05, 3.63) is 35.4 Å². The summed E-state index contributed by atoms with van der Waals surface area (Å²) in [6.07, 6.45) is 2.01. The van der Waals surface area contributed by atoms with Gasteiger partial charge in [0.25, 0.3) is 0 Å². The second kappa shape index (κ2) is 4.69. The van der Waals surface area contributed by atoms with E-state index in [4.69, 9.17) is 0 Å². The first-order valence-corrected chi connectivity index (χ1v) is 5.52. The molecule has 0 aliphatic heterocycles. The molecule has 2 rings (SSSR count). The molecule has 3 nitrogen and oxygen atoms in total. The summed E-state index contributed by atoms with van der Waals surface area (Å²) in [4.78, 5) is 13.0. The molecule has 1 aliphatic rings. The summed E-state index contributed by atoms with van der Waals surface area (Å²) in [6.45, 7) is 0.130. The van der Waals surface area contributed by atoms with Gasteiger partial charge in [-0.15, -0.1) is 0 Å². The van der Waals surface area contributed by atoms with Gasteiger partial charge in [0.1, 0.15) is 11.6 Å². The third kappa shape index (κ3) is 3.15. The Labute approximate surface area is 98.4 Å². The Balaban J connectivity index is 1.96. The van der Waals surface area contributed by atoms with Crippen molar-refractivity contribution in [1.29, 1.82) is 0 Å². The lowest BCUT2D eigenvalue weighted by Gasteiger charge is -2.18. The summed E-state index contributed by atoms with van der Waals surface area (Å²) in [6, 6.07) is 3.40. The van der Waals surface area contributed by atoms with Crippen LogP contribution >= 0.6 is 0 Å². The number of nitrogens with one attached hydrogen (secondary N) is 1. The SMILES string of the molecule is CN(Cc1ccc(F)cc1F)C(=O)NC1CC1. The molecular weight excluding hydrogens is 226 g/mol. The molecule has 1 aliphatic carbocycles. The molecule has 2 amide bonds. The van der Waals surface area contributed by atoms with E-state index in [2.05, 4.69) is 5.32 Å². The lowest BCUT2D eigenvalue weighted by atomic mass is 10.2. The van der Waals surface area contributed by atoms with Crippen LogP contribution in [0.1, 0.15) is 18.4 Å². The highest BCUT2D eigenvalue weighted by atomic mass is 19.1. The predicted molar refractivity (Wildman–Crippen MR) is 59.4 cm³/mol. The number of halogens is 2. The molecule has 1 saturated carbocycles. The molecule has 92 valence electrons. The van der Waals surface area contributed by atoms with Crippen LogP contribution < -0.4 is 5.32 Å². The van der Waals surface area contributed by atoms with Crippen LogP contribution in [0.3, 0.4) is 0 Å². The number of carbonyl (C=O) groups is 1. The quantitative estimate of drug-likeness (QED) is 0.863. The summed E-state index contributed by atoms with van der Waals surface area (Å²) in [7, 11) is 1.58. The first kappa shape index (κ1) is 11.8. The predicted octanol–water partition coefficient (Wildman–Crippen LogP) is 2.27. The van der Waals surface area contributed by atoms with Gasteiger partial charge < -0.3 is 10.2 Å². The fourth-order valence-electron chi connectivity index (χ4n) is 1.49. The van der Waals surface area contributed by atoms with Crippen molar-refractivity contribution in [2.45, 2.75) is 25.4 Å². The van der Waals surface area contributed by atoms with E-state index in [-0.39, 0.29) is 18.6 Å². The molecule has 0 saturated heterocycles. The second-order valence-electron chi connectivity index (χ2n) is 4.32. The highest BCUT2D eigenvalue weighted by molar-refractivity contribution is 5.74. The normalized spacial score (nSPS) is 14.5. The minimum atomic E-state index is -0.629. The van der Waals surface area contributed by atoms with Crippen LogP contribution in [0.15, 0.2) is 18.2 Å². The van der Waals surface area contributed by atoms with Gasteiger partial charge in [0.15, 0.2) is 0 Å². The summed E-state index contributed by atoms with van der Waals surface area (Å²) in [5, 5.41) is 2.80. The van der Waals surface area contributed by atoms with E-state index in [1.165, 1.54) is 17.0 Å². The van der Waals surface area contributed by atoms with Crippen LogP contribution in [0.25, 0.3) is 0 Å². The minimum Gasteiger partial charge on any atom is -0.335 e. The van der Waals surface area contributed by atoms with Gasteiger partial charge >= 0.3 is 6.03 Å². The Kier molecular flexibility index (Phi) is 3.26. The molecule has 17 heavy (non-hydrogen) atoms. The molecule has 1 aromatic rings. The van der Waals surface area contributed by atoms with E-state index >= 15 is 0 Å². The molecule has 1 fully saturated rings. The van der Waals surface area contributed by atoms with E-state index < -0.39 is 11.6 Å². The first-order chi connectivity index (χ1) is 8.06. The van der Waals surface area contributed by atoms with E-state index in [0.29, 0.717) is 5.56 Å². The average molecular weight is 240 g/mol. The molecule has 1 aromatic carbocycles. The fraction of sp³-hybridized carbons (Fsp3) is 0.417. The minimum absolute atomic E-state index is 0.130. The Bertz CT molecular complexity index is 433. The smallest absolute Gasteiger partial charge is 0.317 e. The third-order valence-corrected chi connectivity index (χ3v) is 2.67. The molecule has 1 N–H and O–H groups in total. The lowest BCUT2D eigenvalue weighted by molar-refractivity contribution is 0.206. The maximum atomic E-state index is 13.4. The summed E-state index contributed by atoms with van der Waals surface area (Å²) in [5.74, 6) is -1.24. The molecule has 0 unspecified atom stereocenters. The van der Waals surface area contributed by atoms with Crippen molar-refractivity contribution >= 4 is 6.03 Å². The second-order valence-corrected chi connectivity index (χ2v) is 4.32. The highest BCUT2D eigenvalue weighted by Gasteiger charge is 2.24. The van der Waals surface area contributed by atoms with Gasteiger partial charge in [0.2, 0.25) is 0 Å². The van der Waals surface area contributed by atoms with E-state index in [0.717, 1.165) is 18.9 Å². The average Bonchev–Trinajstić information content (AvgIpc) is 3.06. The number of nitrogens with zero attached hydrogens (tertiary/aromatic N) is 1. The van der Waals surface area contributed by atoms with Crippen LogP contribution in [-0.4, -0.2) is 24.0 Å². The lowest BCUT2D eigenvalue weighted by Crippen LogP contribution is -2.38. The van der Waals surface area contributed by atoms with E-state index in [1.807, 2.05) is 0 Å². The zero-order valence-corrected chi connectivity index (χ0v) is 9.54. The van der Waals surface area contributed by atoms with Gasteiger partial charge in [0.05, 0.1) is 0 Å². The molecule has 0 aromatic heterocycles. The molecule has 0 heterocycles. The van der Waals surface area contributed by atoms with Crippen LogP contribution in [0.5, 0.6) is 0 Å². The van der Waals surface area contributed by atoms with Crippen LogP contribution in [0, 0.1) is 11.6 Å². The Hall–Kier alpha value is -1.65. The van der Waals surface area contributed by atoms with Crippen molar-refractivity contribution in [3.8, 4) is 0 Å². The van der Waals surface area contributed by atoms with Crippen molar-refractivity contribution in [2.75, 3.05) is 7.05 Å². The van der Waals surface area contributed by atoms with Crippen LogP contribution in [0.4, 0.5) is 13.6 Å². The standard InChI is InChI=1S/C12H14F2N2O/c1-16(12(17)15-10-4-5-10)7-8-2-3-9(13)6-11(8)14/h2-3,6,10H,4-5,7H2,1H3,(H,15,17). The zero-order valence-electron chi connectivity index (χ0n) is 9.54. The zero-order chi connectivity index (χ0) is 12.4. The summed E-state index contributed by atoms with van der Waals surface area (Å²) < 4.78 is 26.0. The van der Waals surface area contributed by atoms with Crippen LogP contribution in [0.2, 0.25) is 0 Å².